The number of pyridine rings is 1. The maximum atomic E-state index is 14.5. The molecule has 7 N–H and O–H groups in total. The van der Waals surface area contributed by atoms with E-state index in [4.69, 9.17) is 0 Å². The lowest BCUT2D eigenvalue weighted by molar-refractivity contribution is 0.102. The molecular formula is C26H26FN7O3. The molecule has 0 unspecified atom stereocenters. The number of carbonyl (C=O) groups excluding carboxylic acids is 1. The van der Waals surface area contributed by atoms with Crippen LogP contribution in [0.25, 0.3) is 0 Å². The van der Waals surface area contributed by atoms with Gasteiger partial charge >= 0.3 is 0 Å². The van der Waals surface area contributed by atoms with Gasteiger partial charge in [0.25, 0.3) is 5.91 Å². The number of carbonyl (C=O) groups is 1. The summed E-state index contributed by atoms with van der Waals surface area (Å²) in [6, 6.07) is 9.48. The second kappa shape index (κ2) is 10.2. The van der Waals surface area contributed by atoms with Crippen molar-refractivity contribution in [2.75, 3.05) is 22.6 Å². The van der Waals surface area contributed by atoms with Crippen LogP contribution < -0.4 is 21.3 Å². The first-order chi connectivity index (χ1) is 17.9. The lowest BCUT2D eigenvalue weighted by Gasteiger charge is -2.16. The molecule has 1 aliphatic rings. The Morgan fingerprint density at radius 1 is 1.11 bits per heavy atom. The number of nitrogens with one attached hydrogen (secondary N) is 5. The van der Waals surface area contributed by atoms with Crippen LogP contribution in [0.1, 0.15) is 27.2 Å². The monoisotopic (exact) mass is 503 g/mol. The van der Waals surface area contributed by atoms with Crippen LogP contribution in [0, 0.1) is 12.7 Å². The number of aromatic nitrogens is 3. The first-order valence-corrected chi connectivity index (χ1v) is 11.7. The van der Waals surface area contributed by atoms with E-state index in [2.05, 4.69) is 36.2 Å². The van der Waals surface area contributed by atoms with Gasteiger partial charge in [0.15, 0.2) is 0 Å². The van der Waals surface area contributed by atoms with Crippen LogP contribution in [0.5, 0.6) is 5.75 Å². The number of aliphatic hydroxyl groups is 1. The fourth-order valence-corrected chi connectivity index (χ4v) is 4.14. The van der Waals surface area contributed by atoms with Gasteiger partial charge < -0.3 is 36.5 Å². The average Bonchev–Trinajstić information content (AvgIpc) is 3.34. The van der Waals surface area contributed by atoms with E-state index in [0.717, 1.165) is 11.3 Å². The number of nitrogens with zero attached hydrogens (tertiary/aromatic N) is 2. The van der Waals surface area contributed by atoms with Crippen LogP contribution in [0.3, 0.4) is 0 Å². The third kappa shape index (κ3) is 5.22. The van der Waals surface area contributed by atoms with Crippen molar-refractivity contribution in [3.8, 4) is 5.75 Å². The molecule has 0 aliphatic carbocycles. The molecular weight excluding hydrogens is 477 g/mol. The Bertz CT molecular complexity index is 1440. The highest BCUT2D eigenvalue weighted by Crippen LogP contribution is 2.36. The number of benzene rings is 2. The summed E-state index contributed by atoms with van der Waals surface area (Å²) in [7, 11) is 0. The number of anilines is 5. The highest BCUT2D eigenvalue weighted by molar-refractivity contribution is 6.15. The summed E-state index contributed by atoms with van der Waals surface area (Å²) < 4.78 is 14.5. The van der Waals surface area contributed by atoms with Gasteiger partial charge in [0.05, 0.1) is 35.7 Å². The molecule has 1 atom stereocenters. The Hall–Kier alpha value is -4.48. The highest BCUT2D eigenvalue weighted by atomic mass is 19.1. The van der Waals surface area contributed by atoms with Crippen LogP contribution in [0.15, 0.2) is 55.1 Å². The molecule has 1 amide bonds. The molecule has 2 aromatic heterocycles. The predicted molar refractivity (Wildman–Crippen MR) is 138 cm³/mol. The Morgan fingerprint density at radius 3 is 2.76 bits per heavy atom. The topological polar surface area (TPSA) is 147 Å². The maximum absolute atomic E-state index is 14.5. The minimum Gasteiger partial charge on any atom is -0.508 e. The van der Waals surface area contributed by atoms with Crippen molar-refractivity contribution in [1.29, 1.82) is 0 Å². The van der Waals surface area contributed by atoms with Gasteiger partial charge in [0, 0.05) is 43.2 Å². The molecule has 0 spiro atoms. The quantitative estimate of drug-likeness (QED) is 0.193. The van der Waals surface area contributed by atoms with Crippen LogP contribution >= 0.6 is 0 Å². The van der Waals surface area contributed by atoms with Crippen molar-refractivity contribution >= 4 is 34.5 Å². The van der Waals surface area contributed by atoms with Crippen LogP contribution in [0.2, 0.25) is 0 Å². The van der Waals surface area contributed by atoms with Crippen molar-refractivity contribution in [3.63, 3.8) is 0 Å². The number of aliphatic hydroxyl groups excluding tert-OH is 1. The van der Waals surface area contributed by atoms with Gasteiger partial charge in [-0.05, 0) is 42.3 Å². The number of amides is 1. The number of aromatic amines is 1. The average molecular weight is 504 g/mol. The molecule has 190 valence electrons. The molecule has 0 saturated heterocycles. The minimum atomic E-state index is -0.558. The summed E-state index contributed by atoms with van der Waals surface area (Å²) in [5.74, 6) is -0.736. The number of aryl methyl sites for hydroxylation is 1. The van der Waals surface area contributed by atoms with Gasteiger partial charge in [0.2, 0.25) is 0 Å². The number of phenols is 1. The first-order valence-electron chi connectivity index (χ1n) is 11.7. The smallest absolute Gasteiger partial charge is 0.261 e. The number of hydrogen-bond donors (Lipinski definition) is 7. The Labute approximate surface area is 212 Å². The summed E-state index contributed by atoms with van der Waals surface area (Å²) in [5.41, 5.74) is 4.00. The van der Waals surface area contributed by atoms with Gasteiger partial charge in [-0.2, -0.15) is 0 Å². The van der Waals surface area contributed by atoms with Crippen LogP contribution in [-0.2, 0) is 13.0 Å². The number of halogens is 1. The van der Waals surface area contributed by atoms with Crippen LogP contribution in [0.4, 0.5) is 33.0 Å². The van der Waals surface area contributed by atoms with E-state index in [1.165, 1.54) is 18.3 Å². The summed E-state index contributed by atoms with van der Waals surface area (Å²) in [4.78, 5) is 24.6. The first kappa shape index (κ1) is 24.2. The van der Waals surface area contributed by atoms with Crippen molar-refractivity contribution in [3.05, 3.63) is 83.3 Å². The third-order valence-corrected chi connectivity index (χ3v) is 6.15. The molecule has 1 aliphatic heterocycles. The molecule has 37 heavy (non-hydrogen) atoms. The fraction of sp³-hybridized carbons (Fsp3) is 0.192. The summed E-state index contributed by atoms with van der Waals surface area (Å²) in [6.45, 7) is 2.03. The second-order valence-corrected chi connectivity index (χ2v) is 8.83. The van der Waals surface area contributed by atoms with Crippen molar-refractivity contribution < 1.29 is 19.4 Å². The Balaban J connectivity index is 1.35. The highest BCUT2D eigenvalue weighted by Gasteiger charge is 2.24. The fourth-order valence-electron chi connectivity index (χ4n) is 4.14. The zero-order valence-electron chi connectivity index (χ0n) is 20.0. The van der Waals surface area contributed by atoms with Crippen molar-refractivity contribution in [2.24, 2.45) is 0 Å². The Morgan fingerprint density at radius 2 is 1.97 bits per heavy atom. The van der Waals surface area contributed by atoms with E-state index >= 15 is 0 Å². The van der Waals surface area contributed by atoms with Gasteiger partial charge in [-0.3, -0.25) is 4.79 Å². The molecule has 5 rings (SSSR count). The van der Waals surface area contributed by atoms with E-state index in [0.29, 0.717) is 41.4 Å². The number of rotatable bonds is 8. The van der Waals surface area contributed by atoms with E-state index in [9.17, 15) is 19.4 Å². The van der Waals surface area contributed by atoms with Crippen LogP contribution in [-0.4, -0.2) is 43.7 Å². The van der Waals surface area contributed by atoms with E-state index in [1.54, 1.807) is 25.5 Å². The molecule has 3 heterocycles. The van der Waals surface area contributed by atoms with E-state index in [-0.39, 0.29) is 29.6 Å². The van der Waals surface area contributed by atoms with Crippen molar-refractivity contribution in [2.45, 2.75) is 25.9 Å². The molecule has 11 heteroatoms. The standard InChI is InChI=1S/C26H26FN7O3/c1-14-6-18(27)21(9-23(14)36)32-20-4-5-29-25-24(20)26(37)34-22-7-15(2-3-19(22)33-25)10-30-17(12-35)8-16-11-28-13-31-16/h2-7,9,11,13,17,30,35-36H,8,10,12H2,1H3,(H,28,31)(H,34,37)(H2,29,32,33)/t17-/m1/s1. The van der Waals surface area contributed by atoms with Crippen molar-refractivity contribution in [1.82, 2.24) is 20.3 Å². The number of H-pyrrole nitrogens is 1. The lowest BCUT2D eigenvalue weighted by atomic mass is 10.1. The summed E-state index contributed by atoms with van der Waals surface area (Å²) in [6.07, 6.45) is 5.42. The number of imidazole rings is 1. The largest absolute Gasteiger partial charge is 0.508 e. The molecule has 0 radical (unpaired) electrons. The molecule has 0 saturated carbocycles. The minimum absolute atomic E-state index is 0.0352. The summed E-state index contributed by atoms with van der Waals surface area (Å²) >= 11 is 0. The lowest BCUT2D eigenvalue weighted by Crippen LogP contribution is -2.34. The third-order valence-electron chi connectivity index (χ3n) is 6.15. The normalized spacial score (nSPS) is 13.1. The van der Waals surface area contributed by atoms with E-state index < -0.39 is 11.7 Å². The maximum Gasteiger partial charge on any atom is 0.261 e. The molecule has 0 bridgehead atoms. The van der Waals surface area contributed by atoms with Gasteiger partial charge in [-0.1, -0.05) is 6.07 Å². The number of phenolic OH excluding ortho intramolecular Hbond substituents is 1. The number of hydrogen-bond acceptors (Lipinski definition) is 8. The SMILES string of the molecule is Cc1cc(F)c(Nc2ccnc3c2C(=O)Nc2cc(CN[C@@H](CO)Cc4cnc[nH]4)ccc2N3)cc1O. The van der Waals surface area contributed by atoms with Gasteiger partial charge in [-0.15, -0.1) is 0 Å². The van der Waals surface area contributed by atoms with E-state index in [1.807, 2.05) is 18.2 Å². The molecule has 4 aromatic rings. The number of aromatic hydroxyl groups is 1. The zero-order valence-corrected chi connectivity index (χ0v) is 20.0. The molecule has 2 aromatic carbocycles. The molecule has 0 fully saturated rings. The van der Waals surface area contributed by atoms with Gasteiger partial charge in [0.1, 0.15) is 22.9 Å². The zero-order chi connectivity index (χ0) is 25.9. The molecule has 10 nitrogen and oxygen atoms in total. The predicted octanol–water partition coefficient (Wildman–Crippen LogP) is 3.70. The number of fused-ring (bicyclic) bond motifs is 2. The Kier molecular flexibility index (Phi) is 6.71. The van der Waals surface area contributed by atoms with Gasteiger partial charge in [-0.25, -0.2) is 14.4 Å². The summed E-state index contributed by atoms with van der Waals surface area (Å²) in [5, 5.41) is 32.0. The second-order valence-electron chi connectivity index (χ2n) is 8.83.